The molecule has 0 radical (unpaired) electrons. The molecule has 1 aromatic carbocycles. The summed E-state index contributed by atoms with van der Waals surface area (Å²) in [4.78, 5) is 7.05. The Morgan fingerprint density at radius 2 is 2.04 bits per heavy atom. The van der Waals surface area contributed by atoms with Crippen molar-refractivity contribution in [1.29, 1.82) is 0 Å². The van der Waals surface area contributed by atoms with Crippen molar-refractivity contribution in [2.45, 2.75) is 64.0 Å². The van der Waals surface area contributed by atoms with Gasteiger partial charge in [-0.25, -0.2) is 0 Å². The van der Waals surface area contributed by atoms with Crippen molar-refractivity contribution in [3.05, 3.63) is 59.4 Å². The summed E-state index contributed by atoms with van der Waals surface area (Å²) in [7, 11) is 0. The number of pyridine rings is 1. The fraction of sp³-hybridized carbons (Fsp3) is 0.522. The van der Waals surface area contributed by atoms with Crippen LogP contribution in [-0.4, -0.2) is 34.2 Å². The molecule has 0 bridgehead atoms. The number of para-hydroxylation sites is 1. The number of nitrogens with zero attached hydrogens (tertiary/aromatic N) is 2. The summed E-state index contributed by atoms with van der Waals surface area (Å²) in [6.45, 7) is 8.51. The zero-order valence-corrected chi connectivity index (χ0v) is 16.4. The molecule has 0 N–H and O–H groups in total. The first-order valence-corrected chi connectivity index (χ1v) is 10.1. The smallest absolute Gasteiger partial charge is 0.125 e. The van der Waals surface area contributed by atoms with E-state index in [1.165, 1.54) is 11.1 Å². The van der Waals surface area contributed by atoms with Crippen molar-refractivity contribution in [3.63, 3.8) is 0 Å². The van der Waals surface area contributed by atoms with Gasteiger partial charge >= 0.3 is 0 Å². The van der Waals surface area contributed by atoms with Gasteiger partial charge in [-0.3, -0.25) is 9.88 Å². The van der Waals surface area contributed by atoms with Crippen LogP contribution in [0.25, 0.3) is 0 Å². The SMILES string of the molecule is Cc1ccc(CN2CC[C@H]3O[C@H]4c5ccccc5OC(C)(C)[C@@H]4C[C@H]32)cn1. The molecule has 0 spiro atoms. The second-order valence-electron chi connectivity index (χ2n) is 8.81. The summed E-state index contributed by atoms with van der Waals surface area (Å²) in [5.41, 5.74) is 3.36. The highest BCUT2D eigenvalue weighted by Crippen LogP contribution is 2.52. The molecule has 3 aliphatic rings. The van der Waals surface area contributed by atoms with Crippen LogP contribution in [0.2, 0.25) is 0 Å². The van der Waals surface area contributed by atoms with Gasteiger partial charge in [0.05, 0.1) is 12.2 Å². The van der Waals surface area contributed by atoms with Crippen LogP contribution in [0, 0.1) is 12.8 Å². The van der Waals surface area contributed by atoms with Crippen LogP contribution >= 0.6 is 0 Å². The minimum absolute atomic E-state index is 0.146. The number of rotatable bonds is 2. The van der Waals surface area contributed by atoms with Crippen molar-refractivity contribution in [2.75, 3.05) is 6.54 Å². The van der Waals surface area contributed by atoms with Gasteiger partial charge in [0.25, 0.3) is 0 Å². The Morgan fingerprint density at radius 1 is 1.19 bits per heavy atom. The fourth-order valence-electron chi connectivity index (χ4n) is 5.14. The molecule has 2 aromatic rings. The topological polar surface area (TPSA) is 34.6 Å². The predicted octanol–water partition coefficient (Wildman–Crippen LogP) is 4.28. The maximum absolute atomic E-state index is 6.73. The van der Waals surface area contributed by atoms with Crippen molar-refractivity contribution >= 4 is 0 Å². The van der Waals surface area contributed by atoms with Gasteiger partial charge in [-0.1, -0.05) is 24.3 Å². The Bertz CT molecular complexity index is 833. The molecule has 0 unspecified atom stereocenters. The van der Waals surface area contributed by atoms with E-state index in [4.69, 9.17) is 9.47 Å². The molecule has 2 saturated heterocycles. The first-order valence-electron chi connectivity index (χ1n) is 10.1. The van der Waals surface area contributed by atoms with Crippen LogP contribution in [-0.2, 0) is 11.3 Å². The van der Waals surface area contributed by atoms with E-state index in [9.17, 15) is 0 Å². The Morgan fingerprint density at radius 3 is 2.85 bits per heavy atom. The lowest BCUT2D eigenvalue weighted by Crippen LogP contribution is -2.53. The summed E-state index contributed by atoms with van der Waals surface area (Å²) in [6.07, 6.45) is 4.70. The summed E-state index contributed by atoms with van der Waals surface area (Å²) in [6, 6.07) is 13.2. The van der Waals surface area contributed by atoms with Crippen LogP contribution in [0.3, 0.4) is 0 Å². The molecular formula is C23H28N2O2. The number of fused-ring (bicyclic) bond motifs is 4. The fourth-order valence-corrected chi connectivity index (χ4v) is 5.14. The van der Waals surface area contributed by atoms with Gasteiger partial charge in [0.1, 0.15) is 11.4 Å². The van der Waals surface area contributed by atoms with Gasteiger partial charge < -0.3 is 9.47 Å². The number of aromatic nitrogens is 1. The summed E-state index contributed by atoms with van der Waals surface area (Å²) in [5.74, 6) is 1.35. The number of ether oxygens (including phenoxy) is 2. The number of likely N-dealkylation sites (tertiary alicyclic amines) is 1. The molecule has 5 rings (SSSR count). The van der Waals surface area contributed by atoms with Gasteiger partial charge in [0, 0.05) is 42.5 Å². The molecule has 0 amide bonds. The van der Waals surface area contributed by atoms with Crippen molar-refractivity contribution in [3.8, 4) is 5.75 Å². The largest absolute Gasteiger partial charge is 0.487 e. The molecule has 27 heavy (non-hydrogen) atoms. The van der Waals surface area contributed by atoms with Crippen LogP contribution in [0.1, 0.15) is 49.6 Å². The number of hydrogen-bond donors (Lipinski definition) is 0. The second kappa shape index (κ2) is 6.32. The van der Waals surface area contributed by atoms with E-state index < -0.39 is 0 Å². The van der Waals surface area contributed by atoms with E-state index >= 15 is 0 Å². The summed E-state index contributed by atoms with van der Waals surface area (Å²) in [5, 5.41) is 0. The molecule has 4 heteroatoms. The van der Waals surface area contributed by atoms with Gasteiger partial charge in [-0.2, -0.15) is 0 Å². The van der Waals surface area contributed by atoms with Crippen LogP contribution in [0.5, 0.6) is 5.75 Å². The van der Waals surface area contributed by atoms with Crippen molar-refractivity contribution < 1.29 is 9.47 Å². The van der Waals surface area contributed by atoms with Gasteiger partial charge in [-0.15, -0.1) is 0 Å². The van der Waals surface area contributed by atoms with Gasteiger partial charge in [0.2, 0.25) is 0 Å². The maximum Gasteiger partial charge on any atom is 0.125 e. The highest BCUT2D eigenvalue weighted by atomic mass is 16.5. The molecule has 1 aromatic heterocycles. The third-order valence-corrected chi connectivity index (χ3v) is 6.63. The second-order valence-corrected chi connectivity index (χ2v) is 8.81. The molecule has 3 aliphatic heterocycles. The highest BCUT2D eigenvalue weighted by molar-refractivity contribution is 5.39. The van der Waals surface area contributed by atoms with E-state index in [1.807, 2.05) is 19.2 Å². The number of benzene rings is 1. The standard InChI is InChI=1S/C23H28N2O2/c1-15-8-9-16(13-24-15)14-25-11-10-21-19(25)12-18-22(26-21)17-6-4-5-7-20(17)27-23(18,2)3/h4-9,13,18-19,21-22H,10-12,14H2,1-3H3/t18-,19-,21-,22+/m1/s1. The van der Waals surface area contributed by atoms with Crippen molar-refractivity contribution in [1.82, 2.24) is 9.88 Å². The normalized spacial score (nSPS) is 31.5. The minimum atomic E-state index is -0.219. The van der Waals surface area contributed by atoms with Gasteiger partial charge in [0.15, 0.2) is 0 Å². The lowest BCUT2D eigenvalue weighted by molar-refractivity contribution is -0.162. The molecular weight excluding hydrogens is 336 g/mol. The first kappa shape index (κ1) is 17.2. The average molecular weight is 364 g/mol. The van der Waals surface area contributed by atoms with E-state index in [0.717, 1.165) is 37.4 Å². The Hall–Kier alpha value is -1.91. The first-order chi connectivity index (χ1) is 13.0. The van der Waals surface area contributed by atoms with Crippen LogP contribution in [0.4, 0.5) is 0 Å². The van der Waals surface area contributed by atoms with Crippen LogP contribution < -0.4 is 4.74 Å². The van der Waals surface area contributed by atoms with E-state index in [1.54, 1.807) is 0 Å². The number of hydrogen-bond acceptors (Lipinski definition) is 4. The Balaban J connectivity index is 1.40. The zero-order chi connectivity index (χ0) is 18.6. The molecule has 4 nitrogen and oxygen atoms in total. The van der Waals surface area contributed by atoms with E-state index in [-0.39, 0.29) is 11.7 Å². The molecule has 0 aliphatic carbocycles. The lowest BCUT2D eigenvalue weighted by atomic mass is 9.74. The zero-order valence-electron chi connectivity index (χ0n) is 16.4. The van der Waals surface area contributed by atoms with E-state index in [0.29, 0.717) is 18.1 Å². The van der Waals surface area contributed by atoms with Crippen LogP contribution in [0.15, 0.2) is 42.6 Å². The monoisotopic (exact) mass is 364 g/mol. The third kappa shape index (κ3) is 2.95. The van der Waals surface area contributed by atoms with E-state index in [2.05, 4.69) is 54.1 Å². The molecule has 2 fully saturated rings. The summed E-state index contributed by atoms with van der Waals surface area (Å²) >= 11 is 0. The van der Waals surface area contributed by atoms with Crippen molar-refractivity contribution in [2.24, 2.45) is 5.92 Å². The average Bonchev–Trinajstić information content (AvgIpc) is 3.04. The Labute approximate surface area is 161 Å². The molecule has 4 heterocycles. The molecule has 0 saturated carbocycles. The third-order valence-electron chi connectivity index (χ3n) is 6.63. The maximum atomic E-state index is 6.73. The highest BCUT2D eigenvalue weighted by Gasteiger charge is 2.52. The molecule has 4 atom stereocenters. The lowest BCUT2D eigenvalue weighted by Gasteiger charge is -2.50. The predicted molar refractivity (Wildman–Crippen MR) is 105 cm³/mol. The Kier molecular flexibility index (Phi) is 4.03. The van der Waals surface area contributed by atoms with Gasteiger partial charge in [-0.05, 0) is 51.3 Å². The quantitative estimate of drug-likeness (QED) is 0.797. The number of aryl methyl sites for hydroxylation is 1. The molecule has 142 valence electrons. The summed E-state index contributed by atoms with van der Waals surface area (Å²) < 4.78 is 13.1. The minimum Gasteiger partial charge on any atom is -0.487 e.